The van der Waals surface area contributed by atoms with Crippen molar-refractivity contribution in [3.63, 3.8) is 0 Å². The van der Waals surface area contributed by atoms with Gasteiger partial charge in [0, 0.05) is 11.3 Å². The van der Waals surface area contributed by atoms with Crippen molar-refractivity contribution >= 4 is 33.2 Å². The zero-order valence-corrected chi connectivity index (χ0v) is 10.4. The Morgan fingerprint density at radius 3 is 2.50 bits per heavy atom. The Labute approximate surface area is 95.2 Å². The fraction of sp³-hybridized carbons (Fsp3) is 0.333. The lowest BCUT2D eigenvalue weighted by Gasteiger charge is -2.03. The molecule has 0 amide bonds. The molecule has 0 atom stereocenters. The lowest BCUT2D eigenvalue weighted by atomic mass is 10.3. The molecule has 0 bridgehead atoms. The van der Waals surface area contributed by atoms with Crippen LogP contribution in [0.2, 0.25) is 5.15 Å². The molecule has 0 spiro atoms. The van der Waals surface area contributed by atoms with Crippen LogP contribution in [0.25, 0.3) is 5.65 Å². The second-order valence-corrected chi connectivity index (χ2v) is 4.40. The molecule has 0 N–H and O–H groups in total. The van der Waals surface area contributed by atoms with Crippen LogP contribution in [0, 0.1) is 20.8 Å². The first-order valence-corrected chi connectivity index (χ1v) is 5.37. The van der Waals surface area contributed by atoms with Gasteiger partial charge in [0.05, 0.1) is 10.2 Å². The minimum atomic E-state index is 0.626. The molecule has 0 aromatic carbocycles. The van der Waals surface area contributed by atoms with Crippen LogP contribution >= 0.6 is 27.5 Å². The Bertz CT molecular complexity index is 518. The molecular formula is C9H9BrClN3. The fourth-order valence-corrected chi connectivity index (χ4v) is 1.87. The van der Waals surface area contributed by atoms with Crippen LogP contribution in [-0.2, 0) is 0 Å². The van der Waals surface area contributed by atoms with Gasteiger partial charge in [-0.15, -0.1) is 0 Å². The van der Waals surface area contributed by atoms with E-state index in [4.69, 9.17) is 11.6 Å². The van der Waals surface area contributed by atoms with Gasteiger partial charge in [0.25, 0.3) is 0 Å². The summed E-state index contributed by atoms with van der Waals surface area (Å²) < 4.78 is 2.56. The number of hydrogen-bond donors (Lipinski definition) is 0. The van der Waals surface area contributed by atoms with E-state index in [-0.39, 0.29) is 0 Å². The molecule has 0 fully saturated rings. The maximum atomic E-state index is 6.16. The topological polar surface area (TPSA) is 30.2 Å². The van der Waals surface area contributed by atoms with E-state index in [1.165, 1.54) is 0 Å². The Morgan fingerprint density at radius 1 is 1.21 bits per heavy atom. The second-order valence-electron chi connectivity index (χ2n) is 3.25. The van der Waals surface area contributed by atoms with E-state index < -0.39 is 0 Å². The van der Waals surface area contributed by atoms with Gasteiger partial charge in [0.1, 0.15) is 5.15 Å². The SMILES string of the molecule is Cc1nc2c(Br)c(C)nn2c(Cl)c1C. The average molecular weight is 275 g/mol. The predicted molar refractivity (Wildman–Crippen MR) is 59.9 cm³/mol. The van der Waals surface area contributed by atoms with Crippen LogP contribution in [0.5, 0.6) is 0 Å². The molecule has 0 saturated heterocycles. The van der Waals surface area contributed by atoms with E-state index in [1.54, 1.807) is 4.52 Å². The van der Waals surface area contributed by atoms with E-state index in [2.05, 4.69) is 26.0 Å². The van der Waals surface area contributed by atoms with E-state index in [1.807, 2.05) is 20.8 Å². The summed E-state index contributed by atoms with van der Waals surface area (Å²) in [7, 11) is 0. The van der Waals surface area contributed by atoms with Crippen molar-refractivity contribution in [2.45, 2.75) is 20.8 Å². The van der Waals surface area contributed by atoms with Gasteiger partial charge in [-0.2, -0.15) is 5.10 Å². The monoisotopic (exact) mass is 273 g/mol. The summed E-state index contributed by atoms with van der Waals surface area (Å²) in [6.07, 6.45) is 0. The minimum Gasteiger partial charge on any atom is -0.232 e. The molecule has 14 heavy (non-hydrogen) atoms. The minimum absolute atomic E-state index is 0.626. The molecule has 0 aliphatic carbocycles. The molecule has 2 aromatic rings. The molecule has 0 aliphatic rings. The smallest absolute Gasteiger partial charge is 0.171 e. The number of fused-ring (bicyclic) bond motifs is 1. The Morgan fingerprint density at radius 2 is 1.86 bits per heavy atom. The lowest BCUT2D eigenvalue weighted by Crippen LogP contribution is -1.98. The number of rotatable bonds is 0. The molecule has 74 valence electrons. The molecule has 3 nitrogen and oxygen atoms in total. The van der Waals surface area contributed by atoms with Gasteiger partial charge in [-0.3, -0.25) is 0 Å². The Hall–Kier alpha value is -0.610. The maximum absolute atomic E-state index is 6.16. The molecule has 2 rings (SSSR count). The van der Waals surface area contributed by atoms with Gasteiger partial charge in [-0.25, -0.2) is 9.50 Å². The van der Waals surface area contributed by atoms with Crippen LogP contribution in [0.15, 0.2) is 4.47 Å². The summed E-state index contributed by atoms with van der Waals surface area (Å²) in [5, 5.41) is 4.92. The van der Waals surface area contributed by atoms with Gasteiger partial charge in [-0.1, -0.05) is 11.6 Å². The largest absolute Gasteiger partial charge is 0.232 e. The van der Waals surface area contributed by atoms with Crippen LogP contribution in [-0.4, -0.2) is 14.6 Å². The highest BCUT2D eigenvalue weighted by Crippen LogP contribution is 2.26. The highest BCUT2D eigenvalue weighted by atomic mass is 79.9. The van der Waals surface area contributed by atoms with E-state index in [9.17, 15) is 0 Å². The highest BCUT2D eigenvalue weighted by molar-refractivity contribution is 9.10. The van der Waals surface area contributed by atoms with Gasteiger partial charge >= 0.3 is 0 Å². The first-order chi connectivity index (χ1) is 6.52. The average Bonchev–Trinajstić information content (AvgIpc) is 2.42. The van der Waals surface area contributed by atoms with Gasteiger partial charge < -0.3 is 0 Å². The van der Waals surface area contributed by atoms with Crippen molar-refractivity contribution < 1.29 is 0 Å². The molecule has 0 aliphatic heterocycles. The van der Waals surface area contributed by atoms with Crippen molar-refractivity contribution in [2.75, 3.05) is 0 Å². The van der Waals surface area contributed by atoms with Crippen molar-refractivity contribution in [1.82, 2.24) is 14.6 Å². The predicted octanol–water partition coefficient (Wildman–Crippen LogP) is 3.07. The number of halogens is 2. The third-order valence-electron chi connectivity index (χ3n) is 2.28. The molecule has 0 radical (unpaired) electrons. The summed E-state index contributed by atoms with van der Waals surface area (Å²) in [6, 6.07) is 0. The maximum Gasteiger partial charge on any atom is 0.171 e. The van der Waals surface area contributed by atoms with Crippen molar-refractivity contribution in [3.05, 3.63) is 26.6 Å². The number of hydrogen-bond acceptors (Lipinski definition) is 2. The second kappa shape index (κ2) is 3.21. The summed E-state index contributed by atoms with van der Waals surface area (Å²) in [6.45, 7) is 5.80. The highest BCUT2D eigenvalue weighted by Gasteiger charge is 2.13. The first-order valence-electron chi connectivity index (χ1n) is 4.20. The number of aryl methyl sites for hydroxylation is 2. The van der Waals surface area contributed by atoms with Crippen LogP contribution < -0.4 is 0 Å². The number of nitrogens with zero attached hydrogens (tertiary/aromatic N) is 3. The standard InChI is InChI=1S/C9H9BrClN3/c1-4-5(2)12-9-7(10)6(3)13-14(9)8(4)11/h1-3H3. The van der Waals surface area contributed by atoms with Crippen molar-refractivity contribution in [1.29, 1.82) is 0 Å². The molecule has 5 heteroatoms. The molecular weight excluding hydrogens is 265 g/mol. The third-order valence-corrected chi connectivity index (χ3v) is 3.65. The summed E-state index contributed by atoms with van der Waals surface area (Å²) in [4.78, 5) is 4.43. The van der Waals surface area contributed by atoms with Crippen LogP contribution in [0.3, 0.4) is 0 Å². The summed E-state index contributed by atoms with van der Waals surface area (Å²) in [5.74, 6) is 0. The zero-order chi connectivity index (χ0) is 10.5. The van der Waals surface area contributed by atoms with Crippen molar-refractivity contribution in [2.24, 2.45) is 0 Å². The van der Waals surface area contributed by atoms with E-state index >= 15 is 0 Å². The van der Waals surface area contributed by atoms with Crippen LogP contribution in [0.4, 0.5) is 0 Å². The molecule has 2 aromatic heterocycles. The van der Waals surface area contributed by atoms with Crippen LogP contribution in [0.1, 0.15) is 17.0 Å². The van der Waals surface area contributed by atoms with Gasteiger partial charge in [0.2, 0.25) is 0 Å². The number of aromatic nitrogens is 3. The van der Waals surface area contributed by atoms with E-state index in [0.29, 0.717) is 5.15 Å². The first kappa shape index (κ1) is 9.93. The summed E-state index contributed by atoms with van der Waals surface area (Å²) in [5.41, 5.74) is 3.57. The van der Waals surface area contributed by atoms with Crippen molar-refractivity contribution in [3.8, 4) is 0 Å². The summed E-state index contributed by atoms with van der Waals surface area (Å²) >= 11 is 9.60. The Kier molecular flexibility index (Phi) is 2.27. The van der Waals surface area contributed by atoms with Gasteiger partial charge in [0.15, 0.2) is 5.65 Å². The molecule has 0 saturated carbocycles. The van der Waals surface area contributed by atoms with E-state index in [0.717, 1.165) is 27.1 Å². The molecule has 2 heterocycles. The zero-order valence-electron chi connectivity index (χ0n) is 8.10. The fourth-order valence-electron chi connectivity index (χ4n) is 1.28. The third kappa shape index (κ3) is 1.25. The van der Waals surface area contributed by atoms with Gasteiger partial charge in [-0.05, 0) is 36.7 Å². The normalized spacial score (nSPS) is 11.2. The Balaban J connectivity index is 2.98. The lowest BCUT2D eigenvalue weighted by molar-refractivity contribution is 0.898. The quantitative estimate of drug-likeness (QED) is 0.691. The molecule has 0 unspecified atom stereocenters.